The first-order valence-corrected chi connectivity index (χ1v) is 13.5. The van der Waals surface area contributed by atoms with Crippen molar-refractivity contribution in [2.24, 2.45) is 12.5 Å². The predicted molar refractivity (Wildman–Crippen MR) is 147 cm³/mol. The van der Waals surface area contributed by atoms with Crippen molar-refractivity contribution in [3.63, 3.8) is 0 Å². The Morgan fingerprint density at radius 3 is 2.53 bits per heavy atom. The van der Waals surface area contributed by atoms with Gasteiger partial charge in [0.05, 0.1) is 20.3 Å². The molecular weight excluding hydrogens is 454 g/mol. The molecule has 0 N–H and O–H groups in total. The zero-order valence-corrected chi connectivity index (χ0v) is 21.7. The van der Waals surface area contributed by atoms with E-state index >= 15 is 0 Å². The number of pyridine rings is 1. The van der Waals surface area contributed by atoms with Gasteiger partial charge in [0, 0.05) is 21.7 Å². The quantitative estimate of drug-likeness (QED) is 0.214. The van der Waals surface area contributed by atoms with E-state index in [1.807, 2.05) is 22.7 Å². The number of hydrogen-bond donors (Lipinski definition) is 0. The normalized spacial score (nSPS) is 13.2. The van der Waals surface area contributed by atoms with Crippen LogP contribution in [0.15, 0.2) is 54.0 Å². The second-order valence-electron chi connectivity index (χ2n) is 10.7. The Hall–Kier alpha value is -2.95. The monoisotopic (exact) mass is 480 g/mol. The summed E-state index contributed by atoms with van der Waals surface area (Å²) in [6.07, 6.45) is 3.17. The van der Waals surface area contributed by atoms with Crippen LogP contribution in [0.5, 0.6) is 11.5 Å². The van der Waals surface area contributed by atoms with Crippen LogP contribution in [0, 0.1) is 12.3 Å². The third kappa shape index (κ3) is 2.70. The van der Waals surface area contributed by atoms with Gasteiger partial charge in [-0.25, -0.2) is 4.57 Å². The van der Waals surface area contributed by atoms with Crippen molar-refractivity contribution in [2.75, 3.05) is 0 Å². The van der Waals surface area contributed by atoms with Gasteiger partial charge < -0.3 is 4.74 Å². The Morgan fingerprint density at radius 1 is 0.941 bits per heavy atom. The van der Waals surface area contributed by atoms with Gasteiger partial charge in [-0.1, -0.05) is 45.0 Å². The van der Waals surface area contributed by atoms with Gasteiger partial charge in [-0.05, 0) is 58.0 Å². The van der Waals surface area contributed by atoms with Gasteiger partial charge >= 0.3 is 0 Å². The van der Waals surface area contributed by atoms with Crippen molar-refractivity contribution >= 4 is 63.7 Å². The van der Waals surface area contributed by atoms with Crippen LogP contribution in [0.3, 0.4) is 0 Å². The van der Waals surface area contributed by atoms with E-state index in [0.29, 0.717) is 0 Å². The molecule has 6 aromatic rings. The Kier molecular flexibility index (Phi) is 4.09. The van der Waals surface area contributed by atoms with Crippen LogP contribution in [0.2, 0.25) is 0 Å². The number of aryl methyl sites for hydroxylation is 2. The van der Waals surface area contributed by atoms with E-state index in [1.54, 1.807) is 0 Å². The van der Waals surface area contributed by atoms with Crippen molar-refractivity contribution < 1.29 is 9.30 Å². The number of thiophene rings is 2. The van der Waals surface area contributed by atoms with Crippen molar-refractivity contribution in [1.29, 1.82) is 0 Å². The Labute approximate surface area is 207 Å². The molecule has 4 heterocycles. The van der Waals surface area contributed by atoms with Crippen LogP contribution in [0.1, 0.15) is 31.9 Å². The Balaban J connectivity index is 1.70. The number of aromatic nitrogens is 1. The van der Waals surface area contributed by atoms with E-state index < -0.39 is 0 Å². The summed E-state index contributed by atoms with van der Waals surface area (Å²) in [5.41, 5.74) is 5.27. The Morgan fingerprint density at radius 2 is 1.74 bits per heavy atom. The fourth-order valence-electron chi connectivity index (χ4n) is 5.69. The van der Waals surface area contributed by atoms with Gasteiger partial charge in [0.25, 0.3) is 0 Å². The fourth-order valence-corrected chi connectivity index (χ4v) is 7.99. The minimum atomic E-state index is 0.140. The molecule has 2 nitrogen and oxygen atoms in total. The van der Waals surface area contributed by atoms with Crippen LogP contribution in [-0.4, -0.2) is 0 Å². The molecule has 0 saturated carbocycles. The zero-order valence-electron chi connectivity index (χ0n) is 20.1. The molecule has 1 aliphatic heterocycles. The molecule has 7 rings (SSSR count). The number of rotatable bonds is 1. The van der Waals surface area contributed by atoms with Gasteiger partial charge in [0.2, 0.25) is 5.69 Å². The molecule has 0 saturated heterocycles. The lowest BCUT2D eigenvalue weighted by molar-refractivity contribution is -0.659. The maximum atomic E-state index is 7.08. The number of hydrogen-bond acceptors (Lipinski definition) is 3. The smallest absolute Gasteiger partial charge is 0.228 e. The van der Waals surface area contributed by atoms with Crippen LogP contribution in [0.4, 0.5) is 0 Å². The average Bonchev–Trinajstić information content (AvgIpc) is 3.40. The molecule has 0 bridgehead atoms. The first-order chi connectivity index (χ1) is 16.3. The molecule has 168 valence electrons. The third-order valence-corrected chi connectivity index (χ3v) is 9.35. The van der Waals surface area contributed by atoms with E-state index in [-0.39, 0.29) is 5.41 Å². The average molecular weight is 481 g/mol. The largest absolute Gasteiger partial charge is 0.454 e. The van der Waals surface area contributed by atoms with E-state index in [9.17, 15) is 0 Å². The molecule has 4 heteroatoms. The van der Waals surface area contributed by atoms with E-state index in [4.69, 9.17) is 4.74 Å². The second kappa shape index (κ2) is 6.80. The molecule has 3 aromatic heterocycles. The molecule has 34 heavy (non-hydrogen) atoms. The first-order valence-electron chi connectivity index (χ1n) is 11.8. The topological polar surface area (TPSA) is 13.1 Å². The number of nitrogens with zero attached hydrogens (tertiary/aromatic N) is 1. The van der Waals surface area contributed by atoms with Gasteiger partial charge in [0.15, 0.2) is 11.9 Å². The van der Waals surface area contributed by atoms with E-state index in [1.165, 1.54) is 63.4 Å². The van der Waals surface area contributed by atoms with Gasteiger partial charge in [-0.3, -0.25) is 0 Å². The number of benzene rings is 3. The molecule has 1 aliphatic rings. The SMILES string of the molecule is Cc1c2c(c(CC(C)(C)C)c3ccccc13)Oc1c3sc4ccsc4c3cc3cc[n+](C)c-2c13. The number of ether oxygens (including phenoxy) is 1. The molecule has 0 fully saturated rings. The lowest BCUT2D eigenvalue weighted by Crippen LogP contribution is -2.32. The highest BCUT2D eigenvalue weighted by Crippen LogP contribution is 2.55. The van der Waals surface area contributed by atoms with Crippen molar-refractivity contribution in [2.45, 2.75) is 34.1 Å². The second-order valence-corrected chi connectivity index (χ2v) is 12.7. The van der Waals surface area contributed by atoms with Gasteiger partial charge in [0.1, 0.15) is 12.8 Å². The maximum absolute atomic E-state index is 7.08. The highest BCUT2D eigenvalue weighted by Gasteiger charge is 2.35. The number of fused-ring (bicyclic) bond motifs is 7. The highest BCUT2D eigenvalue weighted by molar-refractivity contribution is 7.32. The molecule has 0 amide bonds. The molecule has 0 atom stereocenters. The Bertz CT molecular complexity index is 1810. The van der Waals surface area contributed by atoms with Crippen LogP contribution >= 0.6 is 22.7 Å². The summed E-state index contributed by atoms with van der Waals surface area (Å²) in [7, 11) is 2.17. The maximum Gasteiger partial charge on any atom is 0.228 e. The zero-order chi connectivity index (χ0) is 23.4. The van der Waals surface area contributed by atoms with Crippen molar-refractivity contribution in [3.8, 4) is 22.8 Å². The summed E-state index contributed by atoms with van der Waals surface area (Å²) < 4.78 is 13.3. The standard InChI is InChI=1S/C30H26NOS2/c1-16-18-8-6-7-9-19(18)21(15-30(2,3)4)26-23(16)25-24-17(10-12-31(25)5)14-20-28-22(11-13-33-28)34-29(20)27(24)32-26/h6-14H,15H2,1-5H3/q+1. The predicted octanol–water partition coefficient (Wildman–Crippen LogP) is 8.92. The van der Waals surface area contributed by atoms with E-state index in [0.717, 1.165) is 17.9 Å². The molecule has 0 spiro atoms. The van der Waals surface area contributed by atoms with Gasteiger partial charge in [-0.15, -0.1) is 22.7 Å². The summed E-state index contributed by atoms with van der Waals surface area (Å²) >= 11 is 3.69. The molecule has 0 radical (unpaired) electrons. The third-order valence-electron chi connectivity index (χ3n) is 7.10. The summed E-state index contributed by atoms with van der Waals surface area (Å²) in [4.78, 5) is 0. The van der Waals surface area contributed by atoms with Gasteiger partial charge in [-0.2, -0.15) is 0 Å². The summed E-state index contributed by atoms with van der Waals surface area (Å²) in [6.45, 7) is 9.21. The van der Waals surface area contributed by atoms with Crippen LogP contribution < -0.4 is 9.30 Å². The minimum absolute atomic E-state index is 0.140. The summed E-state index contributed by atoms with van der Waals surface area (Å²) in [5.74, 6) is 2.08. The lowest BCUT2D eigenvalue weighted by Gasteiger charge is -2.28. The highest BCUT2D eigenvalue weighted by atomic mass is 32.1. The fraction of sp³-hybridized carbons (Fsp3) is 0.233. The molecule has 0 unspecified atom stereocenters. The summed E-state index contributed by atoms with van der Waals surface area (Å²) in [6, 6.07) is 15.7. The summed E-state index contributed by atoms with van der Waals surface area (Å²) in [5, 5.41) is 8.63. The van der Waals surface area contributed by atoms with E-state index in [2.05, 4.69) is 93.4 Å². The molecule has 3 aromatic carbocycles. The van der Waals surface area contributed by atoms with Crippen LogP contribution in [-0.2, 0) is 13.5 Å². The first kappa shape index (κ1) is 20.4. The lowest BCUT2D eigenvalue weighted by atomic mass is 9.82. The minimum Gasteiger partial charge on any atom is -0.454 e. The van der Waals surface area contributed by atoms with Crippen LogP contribution in [0.25, 0.3) is 52.3 Å². The molecule has 0 aliphatic carbocycles. The van der Waals surface area contributed by atoms with Crippen molar-refractivity contribution in [1.82, 2.24) is 0 Å². The van der Waals surface area contributed by atoms with Crippen molar-refractivity contribution in [3.05, 3.63) is 65.2 Å². The molecular formula is C30H26NOS2+.